The van der Waals surface area contributed by atoms with Crippen LogP contribution < -0.4 is 10.2 Å². The quantitative estimate of drug-likeness (QED) is 0.155. The Morgan fingerprint density at radius 2 is 1.87 bits per heavy atom. The van der Waals surface area contributed by atoms with Crippen LogP contribution in [0.3, 0.4) is 0 Å². The third kappa shape index (κ3) is 7.00. The summed E-state index contributed by atoms with van der Waals surface area (Å²) in [5.74, 6) is -3.17. The van der Waals surface area contributed by atoms with Crippen LogP contribution >= 0.6 is 11.6 Å². The molecule has 11 heteroatoms. The summed E-state index contributed by atoms with van der Waals surface area (Å²) in [5, 5.41) is 13.0. The van der Waals surface area contributed by atoms with Gasteiger partial charge in [0.15, 0.2) is 0 Å². The van der Waals surface area contributed by atoms with Gasteiger partial charge in [-0.05, 0) is 61.9 Å². The summed E-state index contributed by atoms with van der Waals surface area (Å²) >= 11 is 6.13. The monoisotopic (exact) mass is 663 g/mol. The van der Waals surface area contributed by atoms with Crippen molar-refractivity contribution in [2.24, 2.45) is 11.8 Å². The minimum Gasteiger partial charge on any atom is -0.463 e. The van der Waals surface area contributed by atoms with E-state index in [1.165, 1.54) is 0 Å². The number of carbonyl (C=O) groups is 4. The van der Waals surface area contributed by atoms with E-state index in [9.17, 15) is 24.3 Å². The fourth-order valence-corrected chi connectivity index (χ4v) is 7.36. The molecule has 6 atom stereocenters. The second-order valence-electron chi connectivity index (χ2n) is 12.2. The number of hydrogen-bond acceptors (Lipinski definition) is 7. The SMILES string of the molecule is C=CCCC(=O)OC[C@H](NC(=O)[C@@H]1[C@H]2C(=O)N(CCCCO)[C@H](C(=O)N(CC=C)c3ccc(Cl)cc3)[C@]23CC[C@H]1O3)c1ccccc1. The number of likely N-dealkylation sites (tertiary alicyclic amines) is 1. The normalized spacial score (nSPS) is 24.8. The molecule has 3 fully saturated rings. The van der Waals surface area contributed by atoms with Crippen LogP contribution in [0.1, 0.15) is 50.1 Å². The number of esters is 1. The number of fused-ring (bicyclic) bond motifs is 1. The molecule has 1 spiro atoms. The Balaban J connectivity index is 1.44. The number of hydrogen-bond donors (Lipinski definition) is 2. The lowest BCUT2D eigenvalue weighted by atomic mass is 9.70. The fraction of sp³-hybridized carbons (Fsp3) is 0.444. The molecule has 5 rings (SSSR count). The number of ether oxygens (including phenoxy) is 2. The van der Waals surface area contributed by atoms with Crippen LogP contribution in [0.15, 0.2) is 79.9 Å². The van der Waals surface area contributed by atoms with Gasteiger partial charge in [0.2, 0.25) is 11.8 Å². The maximum atomic E-state index is 14.6. The van der Waals surface area contributed by atoms with E-state index in [1.807, 2.05) is 30.3 Å². The molecule has 3 heterocycles. The molecule has 3 aliphatic heterocycles. The topological polar surface area (TPSA) is 125 Å². The highest BCUT2D eigenvalue weighted by atomic mass is 35.5. The number of halogens is 1. The Labute approximate surface area is 280 Å². The van der Waals surface area contributed by atoms with E-state index in [1.54, 1.807) is 46.2 Å². The van der Waals surface area contributed by atoms with Gasteiger partial charge in [-0.3, -0.25) is 19.2 Å². The Kier molecular flexibility index (Phi) is 11.2. The van der Waals surface area contributed by atoms with Gasteiger partial charge in [0.25, 0.3) is 5.91 Å². The smallest absolute Gasteiger partial charge is 0.306 e. The van der Waals surface area contributed by atoms with E-state index in [0.29, 0.717) is 42.8 Å². The summed E-state index contributed by atoms with van der Waals surface area (Å²) < 4.78 is 12.1. The standard InChI is InChI=1S/C36H42ClN3O7/c1-3-5-13-29(42)46-23-27(24-11-7-6-8-12-24)38-33(43)30-28-18-19-36(47-28)31(30)34(44)40(21-9-10-22-41)32(36)35(45)39(20-4-2)26-16-14-25(37)15-17-26/h3-4,6-8,11-12,14-17,27-28,30-32,41H,1-2,5,9-10,13,18-23H2,(H,38,43)/t27-,28+,30-,31-,32+,36-/m0/s1. The van der Waals surface area contributed by atoms with Crippen LogP contribution in [0.5, 0.6) is 0 Å². The molecule has 10 nitrogen and oxygen atoms in total. The van der Waals surface area contributed by atoms with Gasteiger partial charge in [0.05, 0.1) is 24.0 Å². The summed E-state index contributed by atoms with van der Waals surface area (Å²) in [4.78, 5) is 58.5. The number of aliphatic hydroxyl groups is 1. The molecule has 0 saturated carbocycles. The minimum absolute atomic E-state index is 0.0504. The number of carbonyl (C=O) groups excluding carboxylic acids is 4. The van der Waals surface area contributed by atoms with Crippen molar-refractivity contribution in [2.75, 3.05) is 31.2 Å². The Hall–Kier alpha value is -3.99. The number of amides is 3. The van der Waals surface area contributed by atoms with Gasteiger partial charge in [-0.25, -0.2) is 0 Å². The lowest BCUT2D eigenvalue weighted by molar-refractivity contribution is -0.146. The summed E-state index contributed by atoms with van der Waals surface area (Å²) in [7, 11) is 0. The second kappa shape index (κ2) is 15.3. The molecule has 2 aromatic rings. The first kappa shape index (κ1) is 34.3. The number of allylic oxidation sites excluding steroid dienone is 1. The highest BCUT2D eigenvalue weighted by Gasteiger charge is 2.74. The summed E-state index contributed by atoms with van der Waals surface area (Å²) in [6, 6.07) is 14.4. The summed E-state index contributed by atoms with van der Waals surface area (Å²) in [6.07, 6.45) is 5.22. The van der Waals surface area contributed by atoms with Crippen LogP contribution in [0.25, 0.3) is 0 Å². The molecule has 2 aromatic carbocycles. The summed E-state index contributed by atoms with van der Waals surface area (Å²) in [5.41, 5.74) is 0.137. The van der Waals surface area contributed by atoms with Gasteiger partial charge in [0.1, 0.15) is 18.2 Å². The Morgan fingerprint density at radius 1 is 1.13 bits per heavy atom. The molecule has 2 N–H and O–H groups in total. The molecular weight excluding hydrogens is 622 g/mol. The predicted octanol–water partition coefficient (Wildman–Crippen LogP) is 4.37. The van der Waals surface area contributed by atoms with Crippen LogP contribution in [-0.4, -0.2) is 77.7 Å². The van der Waals surface area contributed by atoms with E-state index in [4.69, 9.17) is 21.1 Å². The first-order valence-electron chi connectivity index (χ1n) is 16.1. The molecule has 3 aliphatic rings. The van der Waals surface area contributed by atoms with Gasteiger partial charge in [-0.2, -0.15) is 0 Å². The average Bonchev–Trinajstić information content (AvgIpc) is 3.72. The van der Waals surface area contributed by atoms with Crippen LogP contribution in [0.2, 0.25) is 5.02 Å². The van der Waals surface area contributed by atoms with Crippen molar-refractivity contribution in [3.05, 3.63) is 90.5 Å². The highest BCUT2D eigenvalue weighted by Crippen LogP contribution is 2.58. The van der Waals surface area contributed by atoms with E-state index < -0.39 is 47.5 Å². The molecule has 0 unspecified atom stereocenters. The molecule has 47 heavy (non-hydrogen) atoms. The van der Waals surface area contributed by atoms with Gasteiger partial charge < -0.3 is 29.7 Å². The molecule has 2 bridgehead atoms. The Bertz CT molecular complexity index is 1470. The largest absolute Gasteiger partial charge is 0.463 e. The number of rotatable bonds is 16. The van der Waals surface area contributed by atoms with Gasteiger partial charge in [-0.15, -0.1) is 13.2 Å². The molecule has 0 aromatic heterocycles. The average molecular weight is 664 g/mol. The summed E-state index contributed by atoms with van der Waals surface area (Å²) in [6.45, 7) is 7.76. The zero-order valence-electron chi connectivity index (χ0n) is 26.4. The van der Waals surface area contributed by atoms with E-state index >= 15 is 0 Å². The van der Waals surface area contributed by atoms with Crippen molar-refractivity contribution in [1.82, 2.24) is 10.2 Å². The lowest BCUT2D eigenvalue weighted by Gasteiger charge is -2.37. The number of benzene rings is 2. The van der Waals surface area contributed by atoms with Crippen molar-refractivity contribution >= 4 is 41.0 Å². The molecule has 250 valence electrons. The maximum Gasteiger partial charge on any atom is 0.306 e. The number of anilines is 1. The number of nitrogens with one attached hydrogen (secondary N) is 1. The first-order valence-corrected chi connectivity index (χ1v) is 16.5. The van der Waals surface area contributed by atoms with E-state index in [0.717, 1.165) is 5.56 Å². The van der Waals surface area contributed by atoms with Crippen molar-refractivity contribution in [1.29, 1.82) is 0 Å². The number of aliphatic hydroxyl groups excluding tert-OH is 1. The van der Waals surface area contributed by atoms with Crippen molar-refractivity contribution in [3.8, 4) is 0 Å². The molecular formula is C36H42ClN3O7. The second-order valence-corrected chi connectivity index (χ2v) is 12.7. The minimum atomic E-state index is -1.20. The predicted molar refractivity (Wildman–Crippen MR) is 177 cm³/mol. The third-order valence-electron chi connectivity index (χ3n) is 9.34. The molecule has 3 amide bonds. The maximum absolute atomic E-state index is 14.6. The Morgan fingerprint density at radius 3 is 2.55 bits per heavy atom. The zero-order chi connectivity index (χ0) is 33.6. The lowest BCUT2D eigenvalue weighted by Crippen LogP contribution is -2.56. The molecule has 3 saturated heterocycles. The van der Waals surface area contributed by atoms with Crippen LogP contribution in [0.4, 0.5) is 5.69 Å². The molecule has 0 aliphatic carbocycles. The van der Waals surface area contributed by atoms with E-state index in [2.05, 4.69) is 18.5 Å². The van der Waals surface area contributed by atoms with Crippen LogP contribution in [0, 0.1) is 11.8 Å². The van der Waals surface area contributed by atoms with Crippen molar-refractivity contribution < 1.29 is 33.8 Å². The fourth-order valence-electron chi connectivity index (χ4n) is 7.23. The van der Waals surface area contributed by atoms with Crippen molar-refractivity contribution in [3.63, 3.8) is 0 Å². The van der Waals surface area contributed by atoms with Gasteiger partial charge in [0, 0.05) is 36.8 Å². The van der Waals surface area contributed by atoms with Crippen LogP contribution in [-0.2, 0) is 28.7 Å². The third-order valence-corrected chi connectivity index (χ3v) is 9.59. The zero-order valence-corrected chi connectivity index (χ0v) is 27.1. The van der Waals surface area contributed by atoms with E-state index in [-0.39, 0.29) is 44.5 Å². The van der Waals surface area contributed by atoms with Gasteiger partial charge >= 0.3 is 5.97 Å². The highest BCUT2D eigenvalue weighted by molar-refractivity contribution is 6.30. The number of unbranched alkanes of at least 4 members (excludes halogenated alkanes) is 1. The van der Waals surface area contributed by atoms with Crippen molar-refractivity contribution in [2.45, 2.75) is 62.3 Å². The molecule has 0 radical (unpaired) electrons. The first-order chi connectivity index (χ1) is 22.7. The van der Waals surface area contributed by atoms with Gasteiger partial charge in [-0.1, -0.05) is 54.1 Å². The number of nitrogens with zero attached hydrogens (tertiary/aromatic N) is 2.